The summed E-state index contributed by atoms with van der Waals surface area (Å²) >= 11 is 1.96. The van der Waals surface area contributed by atoms with E-state index >= 15 is 0 Å². The molecule has 0 bridgehead atoms. The third-order valence-corrected chi connectivity index (χ3v) is 3.90. The SMILES string of the molecule is C=CC(C)NC1CCSc2ccccc21. The molecule has 2 atom stereocenters. The Morgan fingerprint density at radius 3 is 3.13 bits per heavy atom. The highest BCUT2D eigenvalue weighted by molar-refractivity contribution is 7.99. The molecule has 0 aliphatic carbocycles. The zero-order chi connectivity index (χ0) is 10.7. The van der Waals surface area contributed by atoms with Crippen molar-refractivity contribution in [3.8, 4) is 0 Å². The van der Waals surface area contributed by atoms with Gasteiger partial charge in [0.15, 0.2) is 0 Å². The maximum atomic E-state index is 3.81. The number of hydrogen-bond acceptors (Lipinski definition) is 2. The fraction of sp³-hybridized carbons (Fsp3) is 0.385. The Morgan fingerprint density at radius 1 is 1.53 bits per heavy atom. The van der Waals surface area contributed by atoms with Crippen LogP contribution < -0.4 is 5.32 Å². The van der Waals surface area contributed by atoms with Crippen LogP contribution >= 0.6 is 11.8 Å². The number of benzene rings is 1. The standard InChI is InChI=1S/C13H17NS/c1-3-10(2)14-12-8-9-15-13-7-5-4-6-11(12)13/h3-7,10,12,14H,1,8-9H2,2H3. The molecule has 1 heterocycles. The van der Waals surface area contributed by atoms with E-state index in [2.05, 4.69) is 43.1 Å². The van der Waals surface area contributed by atoms with Crippen LogP contribution in [0.25, 0.3) is 0 Å². The molecule has 1 aromatic rings. The van der Waals surface area contributed by atoms with Crippen LogP contribution in [0.15, 0.2) is 41.8 Å². The van der Waals surface area contributed by atoms with E-state index in [-0.39, 0.29) is 0 Å². The molecule has 0 spiro atoms. The Hall–Kier alpha value is -0.730. The van der Waals surface area contributed by atoms with Gasteiger partial charge in [0.25, 0.3) is 0 Å². The molecule has 0 saturated heterocycles. The molecule has 2 heteroatoms. The summed E-state index contributed by atoms with van der Waals surface area (Å²) in [6.07, 6.45) is 3.17. The minimum absolute atomic E-state index is 0.381. The van der Waals surface area contributed by atoms with Gasteiger partial charge in [0.05, 0.1) is 0 Å². The summed E-state index contributed by atoms with van der Waals surface area (Å²) in [5.41, 5.74) is 1.45. The molecule has 2 unspecified atom stereocenters. The second-order valence-electron chi connectivity index (χ2n) is 3.92. The van der Waals surface area contributed by atoms with Gasteiger partial charge in [-0.3, -0.25) is 0 Å². The summed E-state index contributed by atoms with van der Waals surface area (Å²) in [5, 5.41) is 3.59. The van der Waals surface area contributed by atoms with E-state index in [0.717, 1.165) is 0 Å². The number of rotatable bonds is 3. The molecule has 1 aliphatic heterocycles. The van der Waals surface area contributed by atoms with Gasteiger partial charge >= 0.3 is 0 Å². The molecule has 0 amide bonds. The van der Waals surface area contributed by atoms with Gasteiger partial charge in [-0.15, -0.1) is 18.3 Å². The lowest BCUT2D eigenvalue weighted by atomic mass is 10.0. The van der Waals surface area contributed by atoms with E-state index in [1.165, 1.54) is 22.6 Å². The highest BCUT2D eigenvalue weighted by atomic mass is 32.2. The normalized spacial score (nSPS) is 21.8. The van der Waals surface area contributed by atoms with Crippen molar-refractivity contribution in [2.24, 2.45) is 0 Å². The molecule has 1 aliphatic rings. The fourth-order valence-electron chi connectivity index (χ4n) is 1.90. The van der Waals surface area contributed by atoms with Crippen LogP contribution in [0.5, 0.6) is 0 Å². The molecule has 1 aromatic carbocycles. The van der Waals surface area contributed by atoms with Gasteiger partial charge in [-0.25, -0.2) is 0 Å². The molecule has 80 valence electrons. The predicted molar refractivity (Wildman–Crippen MR) is 67.3 cm³/mol. The van der Waals surface area contributed by atoms with Gasteiger partial charge in [-0.1, -0.05) is 24.3 Å². The molecule has 2 rings (SSSR count). The topological polar surface area (TPSA) is 12.0 Å². The lowest BCUT2D eigenvalue weighted by molar-refractivity contribution is 0.483. The number of hydrogen-bond donors (Lipinski definition) is 1. The van der Waals surface area contributed by atoms with Crippen LogP contribution in [-0.2, 0) is 0 Å². The Labute approximate surface area is 96.0 Å². The number of fused-ring (bicyclic) bond motifs is 1. The maximum Gasteiger partial charge on any atom is 0.0344 e. The van der Waals surface area contributed by atoms with Gasteiger partial charge in [-0.05, 0) is 30.7 Å². The summed E-state index contributed by atoms with van der Waals surface area (Å²) in [6.45, 7) is 5.96. The van der Waals surface area contributed by atoms with Crippen LogP contribution in [0.4, 0.5) is 0 Å². The largest absolute Gasteiger partial charge is 0.304 e. The van der Waals surface area contributed by atoms with E-state index < -0.39 is 0 Å². The second-order valence-corrected chi connectivity index (χ2v) is 5.06. The quantitative estimate of drug-likeness (QED) is 0.782. The predicted octanol–water partition coefficient (Wildman–Crippen LogP) is 3.39. The van der Waals surface area contributed by atoms with E-state index in [9.17, 15) is 0 Å². The van der Waals surface area contributed by atoms with Crippen LogP contribution in [0.2, 0.25) is 0 Å². The molecular formula is C13H17NS. The Bertz CT molecular complexity index is 348. The molecule has 1 nitrogen and oxygen atoms in total. The molecule has 0 fully saturated rings. The van der Waals surface area contributed by atoms with Crippen molar-refractivity contribution in [2.75, 3.05) is 5.75 Å². The minimum atomic E-state index is 0.381. The molecular weight excluding hydrogens is 202 g/mol. The molecule has 0 saturated carbocycles. The number of nitrogens with one attached hydrogen (secondary N) is 1. The third kappa shape index (κ3) is 2.44. The Kier molecular flexibility index (Phi) is 3.49. The first-order valence-electron chi connectivity index (χ1n) is 5.41. The smallest absolute Gasteiger partial charge is 0.0344 e. The van der Waals surface area contributed by atoms with Crippen molar-refractivity contribution in [1.29, 1.82) is 0 Å². The van der Waals surface area contributed by atoms with Crippen molar-refractivity contribution in [2.45, 2.75) is 30.3 Å². The van der Waals surface area contributed by atoms with Gasteiger partial charge in [0.1, 0.15) is 0 Å². The van der Waals surface area contributed by atoms with Crippen molar-refractivity contribution < 1.29 is 0 Å². The minimum Gasteiger partial charge on any atom is -0.304 e. The third-order valence-electron chi connectivity index (χ3n) is 2.78. The van der Waals surface area contributed by atoms with Crippen molar-refractivity contribution >= 4 is 11.8 Å². The first-order valence-corrected chi connectivity index (χ1v) is 6.40. The van der Waals surface area contributed by atoms with E-state index in [1.807, 2.05) is 17.8 Å². The van der Waals surface area contributed by atoms with E-state index in [1.54, 1.807) is 0 Å². The van der Waals surface area contributed by atoms with Gasteiger partial charge < -0.3 is 5.32 Å². The average molecular weight is 219 g/mol. The summed E-state index contributed by atoms with van der Waals surface area (Å²) in [5.74, 6) is 1.21. The Balaban J connectivity index is 2.18. The van der Waals surface area contributed by atoms with Crippen molar-refractivity contribution in [3.63, 3.8) is 0 Å². The maximum absolute atomic E-state index is 3.81. The first kappa shape index (κ1) is 10.8. The van der Waals surface area contributed by atoms with Crippen molar-refractivity contribution in [1.82, 2.24) is 5.32 Å². The summed E-state index contributed by atoms with van der Waals surface area (Å²) in [6, 6.07) is 9.56. The molecule has 0 radical (unpaired) electrons. The van der Waals surface area contributed by atoms with Crippen LogP contribution in [0.3, 0.4) is 0 Å². The van der Waals surface area contributed by atoms with Crippen LogP contribution in [-0.4, -0.2) is 11.8 Å². The lowest BCUT2D eigenvalue weighted by Crippen LogP contribution is -2.30. The second kappa shape index (κ2) is 4.86. The highest BCUT2D eigenvalue weighted by Gasteiger charge is 2.20. The lowest BCUT2D eigenvalue weighted by Gasteiger charge is -2.27. The van der Waals surface area contributed by atoms with Crippen LogP contribution in [0, 0.1) is 0 Å². The number of thioether (sulfide) groups is 1. The van der Waals surface area contributed by atoms with Crippen molar-refractivity contribution in [3.05, 3.63) is 42.5 Å². The highest BCUT2D eigenvalue weighted by Crippen LogP contribution is 2.35. The van der Waals surface area contributed by atoms with Gasteiger partial charge in [0.2, 0.25) is 0 Å². The van der Waals surface area contributed by atoms with E-state index in [0.29, 0.717) is 12.1 Å². The first-order chi connectivity index (χ1) is 7.31. The monoisotopic (exact) mass is 219 g/mol. The molecule has 15 heavy (non-hydrogen) atoms. The fourth-order valence-corrected chi connectivity index (χ4v) is 3.03. The average Bonchev–Trinajstić information content (AvgIpc) is 2.29. The summed E-state index contributed by atoms with van der Waals surface area (Å²) < 4.78 is 0. The van der Waals surface area contributed by atoms with Gasteiger partial charge in [0, 0.05) is 17.0 Å². The molecule has 1 N–H and O–H groups in total. The van der Waals surface area contributed by atoms with Crippen LogP contribution in [0.1, 0.15) is 24.9 Å². The summed E-state index contributed by atoms with van der Waals surface area (Å²) in [4.78, 5) is 1.43. The summed E-state index contributed by atoms with van der Waals surface area (Å²) in [7, 11) is 0. The van der Waals surface area contributed by atoms with Gasteiger partial charge in [-0.2, -0.15) is 0 Å². The zero-order valence-corrected chi connectivity index (χ0v) is 9.89. The Morgan fingerprint density at radius 2 is 2.33 bits per heavy atom. The zero-order valence-electron chi connectivity index (χ0n) is 9.07. The van der Waals surface area contributed by atoms with E-state index in [4.69, 9.17) is 0 Å². The molecule has 0 aromatic heterocycles.